The summed E-state index contributed by atoms with van der Waals surface area (Å²) < 4.78 is 2.12. The SMILES string of the molecule is CC1=NN(c2ccc(Cl)c(C(=O)O)c2)C(=O)/C1=C/c1c(-c2ccccc2)n(C)c2ccccc12. The predicted molar refractivity (Wildman–Crippen MR) is 135 cm³/mol. The molecule has 3 aromatic carbocycles. The van der Waals surface area contributed by atoms with Gasteiger partial charge in [-0.05, 0) is 42.8 Å². The standard InChI is InChI=1S/C27H20ClN3O3/c1-16-20(26(32)31(29-16)18-12-13-23(28)22(14-18)27(33)34)15-21-19-10-6-7-11-24(19)30(2)25(21)17-8-4-3-5-9-17/h3-15H,1-2H3,(H,33,34)/b20-15+. The number of hydrogen-bond donors (Lipinski definition) is 1. The van der Waals surface area contributed by atoms with Crippen LogP contribution in [0.5, 0.6) is 0 Å². The van der Waals surface area contributed by atoms with E-state index in [2.05, 4.69) is 15.7 Å². The van der Waals surface area contributed by atoms with Crippen molar-refractivity contribution < 1.29 is 14.7 Å². The maximum absolute atomic E-state index is 13.4. The molecule has 1 aromatic heterocycles. The van der Waals surface area contributed by atoms with Crippen LogP contribution in [-0.2, 0) is 11.8 Å². The molecular weight excluding hydrogens is 450 g/mol. The molecule has 6 nitrogen and oxygen atoms in total. The second-order valence-electron chi connectivity index (χ2n) is 8.03. The number of carbonyl (C=O) groups excluding carboxylic acids is 1. The van der Waals surface area contributed by atoms with E-state index in [0.717, 1.165) is 27.7 Å². The van der Waals surface area contributed by atoms with Gasteiger partial charge in [-0.1, -0.05) is 60.1 Å². The van der Waals surface area contributed by atoms with Gasteiger partial charge in [-0.15, -0.1) is 0 Å². The average Bonchev–Trinajstić information content (AvgIpc) is 3.28. The minimum Gasteiger partial charge on any atom is -0.478 e. The Morgan fingerprint density at radius 2 is 1.74 bits per heavy atom. The third-order valence-corrected chi connectivity index (χ3v) is 6.30. The van der Waals surface area contributed by atoms with Crippen LogP contribution in [0.25, 0.3) is 28.2 Å². The van der Waals surface area contributed by atoms with Crippen LogP contribution >= 0.6 is 11.6 Å². The molecule has 0 atom stereocenters. The Bertz CT molecular complexity index is 1530. The molecule has 1 N–H and O–H groups in total. The zero-order valence-corrected chi connectivity index (χ0v) is 19.2. The smallest absolute Gasteiger partial charge is 0.337 e. The zero-order chi connectivity index (χ0) is 24.0. The summed E-state index contributed by atoms with van der Waals surface area (Å²) >= 11 is 6.00. The van der Waals surface area contributed by atoms with Crippen molar-refractivity contribution in [3.05, 3.63) is 94.5 Å². The van der Waals surface area contributed by atoms with E-state index in [1.807, 2.05) is 61.7 Å². The number of hydrazone groups is 1. The van der Waals surface area contributed by atoms with Crippen molar-refractivity contribution in [2.75, 3.05) is 5.01 Å². The Balaban J connectivity index is 1.65. The van der Waals surface area contributed by atoms with E-state index >= 15 is 0 Å². The predicted octanol–water partition coefficient (Wildman–Crippen LogP) is 6.00. The van der Waals surface area contributed by atoms with Gasteiger partial charge in [0, 0.05) is 23.5 Å². The van der Waals surface area contributed by atoms with Gasteiger partial charge in [-0.2, -0.15) is 10.1 Å². The molecule has 1 aliphatic heterocycles. The number of rotatable bonds is 4. The molecule has 4 aromatic rings. The number of para-hydroxylation sites is 1. The number of anilines is 1. The molecule has 0 bridgehead atoms. The first-order valence-corrected chi connectivity index (χ1v) is 11.0. The van der Waals surface area contributed by atoms with Gasteiger partial charge >= 0.3 is 5.97 Å². The topological polar surface area (TPSA) is 74.9 Å². The number of nitrogens with zero attached hydrogens (tertiary/aromatic N) is 3. The van der Waals surface area contributed by atoms with Gasteiger partial charge < -0.3 is 9.67 Å². The van der Waals surface area contributed by atoms with Gasteiger partial charge in [-0.25, -0.2) is 4.79 Å². The number of carboxylic acids is 1. The van der Waals surface area contributed by atoms with Crippen LogP contribution in [0, 0.1) is 0 Å². The summed E-state index contributed by atoms with van der Waals surface area (Å²) in [5.74, 6) is -1.50. The monoisotopic (exact) mass is 469 g/mol. The molecule has 0 saturated heterocycles. The fraction of sp³-hybridized carbons (Fsp3) is 0.0741. The summed E-state index contributed by atoms with van der Waals surface area (Å²) in [6.07, 6.45) is 1.87. The molecule has 0 radical (unpaired) electrons. The fourth-order valence-electron chi connectivity index (χ4n) is 4.33. The van der Waals surface area contributed by atoms with Gasteiger partial charge in [0.25, 0.3) is 5.91 Å². The van der Waals surface area contributed by atoms with Gasteiger partial charge in [0.1, 0.15) is 0 Å². The van der Waals surface area contributed by atoms with Crippen LogP contribution in [0.2, 0.25) is 5.02 Å². The van der Waals surface area contributed by atoms with Crippen molar-refractivity contribution in [2.24, 2.45) is 12.1 Å². The molecule has 5 rings (SSSR count). The Kier molecular flexibility index (Phi) is 5.30. The highest BCUT2D eigenvalue weighted by atomic mass is 35.5. The number of aryl methyl sites for hydroxylation is 1. The minimum atomic E-state index is -1.17. The Morgan fingerprint density at radius 3 is 2.47 bits per heavy atom. The second kappa shape index (κ2) is 8.32. The average molecular weight is 470 g/mol. The highest BCUT2D eigenvalue weighted by molar-refractivity contribution is 6.34. The van der Waals surface area contributed by atoms with Crippen LogP contribution in [0.15, 0.2) is 83.5 Å². The number of amides is 1. The van der Waals surface area contributed by atoms with Crippen LogP contribution in [0.1, 0.15) is 22.8 Å². The summed E-state index contributed by atoms with van der Waals surface area (Å²) in [6.45, 7) is 1.77. The van der Waals surface area contributed by atoms with E-state index in [0.29, 0.717) is 17.0 Å². The van der Waals surface area contributed by atoms with E-state index in [1.54, 1.807) is 13.0 Å². The van der Waals surface area contributed by atoms with Crippen molar-refractivity contribution in [1.82, 2.24) is 4.57 Å². The molecule has 0 unspecified atom stereocenters. The lowest BCUT2D eigenvalue weighted by atomic mass is 10.0. The summed E-state index contributed by atoms with van der Waals surface area (Å²) in [5.41, 5.74) is 5.25. The Morgan fingerprint density at radius 1 is 1.03 bits per heavy atom. The number of aromatic carboxylic acids is 1. The molecule has 0 fully saturated rings. The van der Waals surface area contributed by atoms with Crippen LogP contribution in [0.3, 0.4) is 0 Å². The molecule has 0 aliphatic carbocycles. The van der Waals surface area contributed by atoms with Crippen molar-refractivity contribution in [2.45, 2.75) is 6.92 Å². The first kappa shape index (κ1) is 21.7. The molecular formula is C27H20ClN3O3. The van der Waals surface area contributed by atoms with E-state index in [4.69, 9.17) is 11.6 Å². The molecule has 0 saturated carbocycles. The van der Waals surface area contributed by atoms with Crippen molar-refractivity contribution >= 4 is 51.9 Å². The molecule has 34 heavy (non-hydrogen) atoms. The lowest BCUT2D eigenvalue weighted by Crippen LogP contribution is -2.21. The molecule has 0 spiro atoms. The first-order chi connectivity index (χ1) is 16.4. The minimum absolute atomic E-state index is 0.0855. The number of carboxylic acid groups (broad SMARTS) is 1. The Hall–Kier alpha value is -4.16. The second-order valence-corrected chi connectivity index (χ2v) is 8.44. The third kappa shape index (κ3) is 3.49. The Labute approximate surface area is 201 Å². The molecule has 1 aliphatic rings. The molecule has 2 heterocycles. The third-order valence-electron chi connectivity index (χ3n) is 5.97. The highest BCUT2D eigenvalue weighted by Crippen LogP contribution is 2.36. The lowest BCUT2D eigenvalue weighted by Gasteiger charge is -2.13. The highest BCUT2D eigenvalue weighted by Gasteiger charge is 2.30. The van der Waals surface area contributed by atoms with E-state index in [1.165, 1.54) is 17.1 Å². The van der Waals surface area contributed by atoms with Gasteiger partial charge in [0.2, 0.25) is 0 Å². The summed E-state index contributed by atoms with van der Waals surface area (Å²) in [4.78, 5) is 24.9. The maximum atomic E-state index is 13.4. The maximum Gasteiger partial charge on any atom is 0.337 e. The van der Waals surface area contributed by atoms with Crippen molar-refractivity contribution in [3.8, 4) is 11.3 Å². The summed E-state index contributed by atoms with van der Waals surface area (Å²) in [6, 6.07) is 22.5. The number of halogens is 1. The first-order valence-electron chi connectivity index (χ1n) is 10.6. The number of hydrogen-bond acceptors (Lipinski definition) is 3. The lowest BCUT2D eigenvalue weighted by molar-refractivity contribution is -0.114. The number of benzene rings is 3. The van der Waals surface area contributed by atoms with Crippen molar-refractivity contribution in [1.29, 1.82) is 0 Å². The quantitative estimate of drug-likeness (QED) is 0.372. The molecule has 7 heteroatoms. The zero-order valence-electron chi connectivity index (χ0n) is 18.5. The van der Waals surface area contributed by atoms with Crippen molar-refractivity contribution in [3.63, 3.8) is 0 Å². The summed E-state index contributed by atoms with van der Waals surface area (Å²) in [7, 11) is 2.01. The van der Waals surface area contributed by atoms with Crippen LogP contribution < -0.4 is 5.01 Å². The molecule has 1 amide bonds. The van der Waals surface area contributed by atoms with Gasteiger partial charge in [0.15, 0.2) is 0 Å². The van der Waals surface area contributed by atoms with Crippen LogP contribution in [-0.4, -0.2) is 27.3 Å². The van der Waals surface area contributed by atoms with E-state index in [-0.39, 0.29) is 16.5 Å². The summed E-state index contributed by atoms with van der Waals surface area (Å²) in [5, 5.41) is 16.2. The van der Waals surface area contributed by atoms with E-state index < -0.39 is 5.97 Å². The van der Waals surface area contributed by atoms with Gasteiger partial charge in [0.05, 0.1) is 33.3 Å². The number of fused-ring (bicyclic) bond motifs is 1. The van der Waals surface area contributed by atoms with Crippen LogP contribution in [0.4, 0.5) is 5.69 Å². The normalized spacial score (nSPS) is 14.8. The molecule has 168 valence electrons. The largest absolute Gasteiger partial charge is 0.478 e. The number of carbonyl (C=O) groups is 2. The fourth-order valence-corrected chi connectivity index (χ4v) is 4.52. The van der Waals surface area contributed by atoms with Gasteiger partial charge in [-0.3, -0.25) is 4.79 Å². The number of aromatic nitrogens is 1. The van der Waals surface area contributed by atoms with E-state index in [9.17, 15) is 14.7 Å².